The Morgan fingerprint density at radius 1 is 1.43 bits per heavy atom. The molecule has 4 heteroatoms. The molecule has 2 unspecified atom stereocenters. The van der Waals surface area contributed by atoms with Gasteiger partial charge in [0.05, 0.1) is 18.8 Å². The van der Waals surface area contributed by atoms with Crippen LogP contribution >= 0.6 is 0 Å². The van der Waals surface area contributed by atoms with Crippen LogP contribution in [0.1, 0.15) is 31.7 Å². The Kier molecular flexibility index (Phi) is 5.14. The summed E-state index contributed by atoms with van der Waals surface area (Å²) in [5, 5.41) is 0. The number of hydrogen-bond acceptors (Lipinski definition) is 3. The summed E-state index contributed by atoms with van der Waals surface area (Å²) in [5.41, 5.74) is 1.75. The second-order valence-corrected chi connectivity index (χ2v) is 5.19. The van der Waals surface area contributed by atoms with Crippen LogP contribution in [0, 0.1) is 5.92 Å². The summed E-state index contributed by atoms with van der Waals surface area (Å²) in [4.78, 5) is 25.2. The van der Waals surface area contributed by atoms with Crippen LogP contribution in [-0.2, 0) is 9.53 Å². The number of benzene rings is 1. The molecule has 0 saturated heterocycles. The van der Waals surface area contributed by atoms with Gasteiger partial charge >= 0.3 is 6.09 Å². The number of nitrogens with zero attached hydrogens (tertiary/aromatic N) is 1. The zero-order valence-electron chi connectivity index (χ0n) is 12.5. The lowest BCUT2D eigenvalue weighted by Gasteiger charge is -2.35. The highest BCUT2D eigenvalue weighted by Crippen LogP contribution is 2.33. The molecule has 1 aromatic carbocycles. The Morgan fingerprint density at radius 3 is 2.86 bits per heavy atom. The van der Waals surface area contributed by atoms with Gasteiger partial charge in [0.15, 0.2) is 0 Å². The number of carbonyl (C=O) groups is 2. The molecule has 0 aromatic heterocycles. The van der Waals surface area contributed by atoms with E-state index >= 15 is 0 Å². The average Bonchev–Trinajstić information content (AvgIpc) is 2.54. The molecule has 0 fully saturated rings. The minimum atomic E-state index is -0.430. The molecule has 0 spiro atoms. The maximum atomic E-state index is 12.2. The monoisotopic (exact) mass is 287 g/mol. The standard InChI is InChI=1S/C17H21NO3/c1-3-4-7-14(12-19)16-11-10-13-8-5-6-9-15(13)18(16)17(20)21-2/h5-6,8-12,14,16H,3-4,7H2,1-2H3. The summed E-state index contributed by atoms with van der Waals surface area (Å²) in [6.07, 6.45) is 7.18. The SMILES string of the molecule is CCCCC(C=O)C1C=Cc2ccccc2N1C(=O)OC. The topological polar surface area (TPSA) is 46.6 Å². The molecule has 1 aliphatic heterocycles. The zero-order valence-corrected chi connectivity index (χ0v) is 12.5. The van der Waals surface area contributed by atoms with Gasteiger partial charge in [0, 0.05) is 5.92 Å². The third-order valence-corrected chi connectivity index (χ3v) is 3.84. The number of aldehydes is 1. The number of rotatable bonds is 5. The highest BCUT2D eigenvalue weighted by Gasteiger charge is 2.33. The Labute approximate surface area is 125 Å². The van der Waals surface area contributed by atoms with Crippen molar-refractivity contribution in [3.63, 3.8) is 0 Å². The second-order valence-electron chi connectivity index (χ2n) is 5.19. The van der Waals surface area contributed by atoms with Crippen molar-refractivity contribution >= 4 is 24.1 Å². The van der Waals surface area contributed by atoms with E-state index in [0.717, 1.165) is 36.8 Å². The zero-order chi connectivity index (χ0) is 15.2. The molecule has 112 valence electrons. The maximum absolute atomic E-state index is 12.2. The quantitative estimate of drug-likeness (QED) is 0.776. The third-order valence-electron chi connectivity index (χ3n) is 3.84. The Bertz CT molecular complexity index is 539. The molecule has 1 heterocycles. The Morgan fingerprint density at radius 2 is 2.19 bits per heavy atom. The first-order valence-electron chi connectivity index (χ1n) is 7.32. The number of fused-ring (bicyclic) bond motifs is 1. The molecule has 0 N–H and O–H groups in total. The predicted octanol–water partition coefficient (Wildman–Crippen LogP) is 3.66. The average molecular weight is 287 g/mol. The number of para-hydroxylation sites is 1. The highest BCUT2D eigenvalue weighted by molar-refractivity contribution is 5.94. The van der Waals surface area contributed by atoms with Gasteiger partial charge in [0.2, 0.25) is 0 Å². The largest absolute Gasteiger partial charge is 0.452 e. The van der Waals surface area contributed by atoms with E-state index in [4.69, 9.17) is 4.74 Å². The van der Waals surface area contributed by atoms with Crippen molar-refractivity contribution in [3.05, 3.63) is 35.9 Å². The van der Waals surface area contributed by atoms with Gasteiger partial charge in [-0.15, -0.1) is 0 Å². The number of amides is 1. The molecule has 1 aromatic rings. The first kappa shape index (κ1) is 15.3. The van der Waals surface area contributed by atoms with Gasteiger partial charge in [0.25, 0.3) is 0 Å². The van der Waals surface area contributed by atoms with E-state index in [1.807, 2.05) is 36.4 Å². The van der Waals surface area contributed by atoms with Crippen molar-refractivity contribution in [2.45, 2.75) is 32.2 Å². The third kappa shape index (κ3) is 3.15. The van der Waals surface area contributed by atoms with Gasteiger partial charge in [-0.2, -0.15) is 0 Å². The molecule has 0 radical (unpaired) electrons. The van der Waals surface area contributed by atoms with Crippen LogP contribution in [0.4, 0.5) is 10.5 Å². The number of anilines is 1. The molecule has 2 rings (SSSR count). The van der Waals surface area contributed by atoms with Crippen LogP contribution in [0.2, 0.25) is 0 Å². The van der Waals surface area contributed by atoms with Gasteiger partial charge in [-0.05, 0) is 18.1 Å². The van der Waals surface area contributed by atoms with Crippen molar-refractivity contribution in [1.82, 2.24) is 0 Å². The fourth-order valence-electron chi connectivity index (χ4n) is 2.71. The molecule has 1 amide bonds. The summed E-state index contributed by atoms with van der Waals surface area (Å²) in [5.74, 6) is -0.214. The summed E-state index contributed by atoms with van der Waals surface area (Å²) in [7, 11) is 1.36. The molecule has 2 atom stereocenters. The first-order chi connectivity index (χ1) is 10.2. The fourth-order valence-corrected chi connectivity index (χ4v) is 2.71. The number of methoxy groups -OCH3 is 1. The normalized spacial score (nSPS) is 18.0. The van der Waals surface area contributed by atoms with E-state index in [-0.39, 0.29) is 12.0 Å². The van der Waals surface area contributed by atoms with Crippen LogP contribution in [-0.4, -0.2) is 25.5 Å². The van der Waals surface area contributed by atoms with E-state index < -0.39 is 6.09 Å². The van der Waals surface area contributed by atoms with E-state index in [1.54, 1.807) is 4.90 Å². The lowest BCUT2D eigenvalue weighted by atomic mass is 9.90. The molecule has 21 heavy (non-hydrogen) atoms. The Balaban J connectivity index is 2.36. The summed E-state index contributed by atoms with van der Waals surface area (Å²) in [6.45, 7) is 2.09. The van der Waals surface area contributed by atoms with Crippen LogP contribution in [0.5, 0.6) is 0 Å². The number of carbonyl (C=O) groups excluding carboxylic acids is 2. The van der Waals surface area contributed by atoms with Crippen LogP contribution in [0.25, 0.3) is 6.08 Å². The summed E-state index contributed by atoms with van der Waals surface area (Å²) >= 11 is 0. The van der Waals surface area contributed by atoms with Crippen LogP contribution in [0.3, 0.4) is 0 Å². The lowest BCUT2D eigenvalue weighted by Crippen LogP contribution is -2.45. The smallest absolute Gasteiger partial charge is 0.414 e. The van der Waals surface area contributed by atoms with Gasteiger partial charge < -0.3 is 9.53 Å². The molecule has 4 nitrogen and oxygen atoms in total. The molecular formula is C17H21NO3. The van der Waals surface area contributed by atoms with Crippen molar-refractivity contribution in [2.75, 3.05) is 12.0 Å². The summed E-state index contributed by atoms with van der Waals surface area (Å²) < 4.78 is 4.91. The van der Waals surface area contributed by atoms with Gasteiger partial charge in [-0.3, -0.25) is 4.90 Å². The van der Waals surface area contributed by atoms with Crippen molar-refractivity contribution < 1.29 is 14.3 Å². The minimum Gasteiger partial charge on any atom is -0.452 e. The van der Waals surface area contributed by atoms with E-state index in [2.05, 4.69) is 6.92 Å². The fraction of sp³-hybridized carbons (Fsp3) is 0.412. The minimum absolute atomic E-state index is 0.214. The molecular weight excluding hydrogens is 266 g/mol. The lowest BCUT2D eigenvalue weighted by molar-refractivity contribution is -0.111. The molecule has 0 saturated carbocycles. The molecule has 1 aliphatic rings. The van der Waals surface area contributed by atoms with Gasteiger partial charge in [-0.25, -0.2) is 4.79 Å². The van der Waals surface area contributed by atoms with E-state index in [9.17, 15) is 9.59 Å². The van der Waals surface area contributed by atoms with E-state index in [0.29, 0.717) is 0 Å². The van der Waals surface area contributed by atoms with Crippen molar-refractivity contribution in [1.29, 1.82) is 0 Å². The van der Waals surface area contributed by atoms with Crippen molar-refractivity contribution in [2.24, 2.45) is 5.92 Å². The number of unbranched alkanes of at least 4 members (excludes halogenated alkanes) is 1. The molecule has 0 aliphatic carbocycles. The summed E-state index contributed by atoms with van der Waals surface area (Å²) in [6, 6.07) is 7.35. The second kappa shape index (κ2) is 7.07. The van der Waals surface area contributed by atoms with E-state index in [1.165, 1.54) is 7.11 Å². The van der Waals surface area contributed by atoms with Gasteiger partial charge in [0.1, 0.15) is 6.29 Å². The molecule has 0 bridgehead atoms. The maximum Gasteiger partial charge on any atom is 0.414 e. The van der Waals surface area contributed by atoms with Crippen LogP contribution in [0.15, 0.2) is 30.3 Å². The number of ether oxygens (including phenoxy) is 1. The van der Waals surface area contributed by atoms with Gasteiger partial charge in [-0.1, -0.05) is 50.1 Å². The highest BCUT2D eigenvalue weighted by atomic mass is 16.5. The number of hydrogen-bond donors (Lipinski definition) is 0. The first-order valence-corrected chi connectivity index (χ1v) is 7.32. The van der Waals surface area contributed by atoms with Crippen LogP contribution < -0.4 is 4.90 Å². The predicted molar refractivity (Wildman–Crippen MR) is 83.2 cm³/mol. The Hall–Kier alpha value is -2.10. The van der Waals surface area contributed by atoms with Crippen molar-refractivity contribution in [3.8, 4) is 0 Å².